The molecule has 0 spiro atoms. The molecule has 1 unspecified atom stereocenters. The van der Waals surface area contributed by atoms with Crippen LogP contribution in [0.1, 0.15) is 24.2 Å². The Labute approximate surface area is 125 Å². The lowest BCUT2D eigenvalue weighted by Gasteiger charge is -2.03. The number of rotatable bonds is 7. The van der Waals surface area contributed by atoms with Crippen LogP contribution in [-0.2, 0) is 5.75 Å². The number of aromatic nitrogens is 2. The van der Waals surface area contributed by atoms with E-state index >= 15 is 0 Å². The van der Waals surface area contributed by atoms with Gasteiger partial charge in [0.25, 0.3) is 0 Å². The fourth-order valence-corrected chi connectivity index (χ4v) is 2.82. The summed E-state index contributed by atoms with van der Waals surface area (Å²) in [6.45, 7) is 0. The molecule has 0 radical (unpaired) electrons. The molecule has 1 atom stereocenters. The van der Waals surface area contributed by atoms with Crippen molar-refractivity contribution in [3.8, 4) is 0 Å². The van der Waals surface area contributed by atoms with Crippen molar-refractivity contribution in [3.05, 3.63) is 41.8 Å². The first-order valence-corrected chi connectivity index (χ1v) is 8.52. The van der Waals surface area contributed by atoms with Crippen LogP contribution in [0.25, 0.3) is 0 Å². The molecule has 1 aromatic carbocycles. The second kappa shape index (κ2) is 7.66. The van der Waals surface area contributed by atoms with Crippen LogP contribution < -0.4 is 5.73 Å². The Morgan fingerprint density at radius 1 is 1.45 bits per heavy atom. The molecule has 20 heavy (non-hydrogen) atoms. The van der Waals surface area contributed by atoms with Crippen molar-refractivity contribution in [2.45, 2.75) is 23.1 Å². The van der Waals surface area contributed by atoms with E-state index in [0.717, 1.165) is 17.1 Å². The van der Waals surface area contributed by atoms with Crippen molar-refractivity contribution in [3.63, 3.8) is 0 Å². The molecule has 0 aliphatic rings. The lowest BCUT2D eigenvalue weighted by molar-refractivity contribution is 0.350. The lowest BCUT2D eigenvalue weighted by atomic mass is 10.2. The largest absolute Gasteiger partial charge is 0.338 e. The summed E-state index contributed by atoms with van der Waals surface area (Å²) < 4.78 is 18.2. The summed E-state index contributed by atoms with van der Waals surface area (Å²) in [5.74, 6) is 2.28. The van der Waals surface area contributed by atoms with E-state index in [2.05, 4.69) is 10.1 Å². The van der Waals surface area contributed by atoms with Crippen LogP contribution in [-0.4, -0.2) is 22.1 Å². The first-order chi connectivity index (χ1) is 9.69. The Balaban J connectivity index is 1.89. The maximum atomic E-state index is 13.0. The third-order valence-electron chi connectivity index (χ3n) is 2.60. The van der Waals surface area contributed by atoms with E-state index in [1.807, 2.05) is 12.3 Å². The molecular weight excluding hydrogens is 297 g/mol. The summed E-state index contributed by atoms with van der Waals surface area (Å²) in [6.07, 6.45) is 2.83. The van der Waals surface area contributed by atoms with E-state index < -0.39 is 0 Å². The van der Waals surface area contributed by atoms with Crippen LogP contribution in [0.5, 0.6) is 0 Å². The van der Waals surface area contributed by atoms with Crippen LogP contribution in [0.4, 0.5) is 4.39 Å². The molecule has 0 fully saturated rings. The van der Waals surface area contributed by atoms with Gasteiger partial charge < -0.3 is 10.3 Å². The van der Waals surface area contributed by atoms with Crippen molar-refractivity contribution in [2.24, 2.45) is 5.73 Å². The Morgan fingerprint density at radius 3 is 3.05 bits per heavy atom. The van der Waals surface area contributed by atoms with Crippen LogP contribution in [0.3, 0.4) is 0 Å². The predicted octanol–water partition coefficient (Wildman–Crippen LogP) is 3.25. The first kappa shape index (κ1) is 15.3. The number of nitrogens with zero attached hydrogens (tertiary/aromatic N) is 2. The molecule has 2 rings (SSSR count). The van der Waals surface area contributed by atoms with Gasteiger partial charge in [-0.15, -0.1) is 11.8 Å². The van der Waals surface area contributed by atoms with Gasteiger partial charge in [0.1, 0.15) is 5.82 Å². The molecule has 108 valence electrons. The molecule has 4 nitrogen and oxygen atoms in total. The SMILES string of the molecule is CSCCC(N)c1nc(CSc2cccc(F)c2)no1. The van der Waals surface area contributed by atoms with Gasteiger partial charge in [-0.2, -0.15) is 16.7 Å². The van der Waals surface area contributed by atoms with Gasteiger partial charge in [-0.1, -0.05) is 11.2 Å². The minimum Gasteiger partial charge on any atom is -0.338 e. The van der Waals surface area contributed by atoms with Gasteiger partial charge in [-0.3, -0.25) is 0 Å². The molecule has 2 aromatic rings. The molecule has 1 heterocycles. The molecule has 0 saturated carbocycles. The Morgan fingerprint density at radius 2 is 2.30 bits per heavy atom. The molecule has 0 bridgehead atoms. The zero-order chi connectivity index (χ0) is 14.4. The molecule has 0 aliphatic heterocycles. The summed E-state index contributed by atoms with van der Waals surface area (Å²) in [7, 11) is 0. The quantitative estimate of drug-likeness (QED) is 0.792. The van der Waals surface area contributed by atoms with Crippen molar-refractivity contribution >= 4 is 23.5 Å². The van der Waals surface area contributed by atoms with E-state index in [9.17, 15) is 4.39 Å². The second-order valence-corrected chi connectivity index (χ2v) is 6.22. The first-order valence-electron chi connectivity index (χ1n) is 6.14. The highest BCUT2D eigenvalue weighted by atomic mass is 32.2. The highest BCUT2D eigenvalue weighted by Gasteiger charge is 2.14. The molecule has 2 N–H and O–H groups in total. The minimum absolute atomic E-state index is 0.220. The Bertz CT molecular complexity index is 550. The average Bonchev–Trinajstić information content (AvgIpc) is 2.91. The molecule has 7 heteroatoms. The highest BCUT2D eigenvalue weighted by molar-refractivity contribution is 7.98. The van der Waals surface area contributed by atoms with E-state index in [-0.39, 0.29) is 11.9 Å². The Hall–Kier alpha value is -1.05. The van der Waals surface area contributed by atoms with Gasteiger partial charge in [-0.25, -0.2) is 4.39 Å². The van der Waals surface area contributed by atoms with Crippen LogP contribution >= 0.6 is 23.5 Å². The topological polar surface area (TPSA) is 64.9 Å². The van der Waals surface area contributed by atoms with Gasteiger partial charge in [0.15, 0.2) is 5.82 Å². The zero-order valence-electron chi connectivity index (χ0n) is 11.1. The lowest BCUT2D eigenvalue weighted by Crippen LogP contribution is -2.11. The summed E-state index contributed by atoms with van der Waals surface area (Å²) in [4.78, 5) is 5.11. The third-order valence-corrected chi connectivity index (χ3v) is 4.23. The number of hydrogen-bond acceptors (Lipinski definition) is 6. The number of benzene rings is 1. The molecular formula is C13H16FN3OS2. The van der Waals surface area contributed by atoms with Crippen molar-refractivity contribution in [1.29, 1.82) is 0 Å². The Kier molecular flexibility index (Phi) is 5.87. The molecule has 0 amide bonds. The van der Waals surface area contributed by atoms with Crippen molar-refractivity contribution in [2.75, 3.05) is 12.0 Å². The smallest absolute Gasteiger partial charge is 0.243 e. The molecule has 0 saturated heterocycles. The van der Waals surface area contributed by atoms with E-state index in [1.165, 1.54) is 23.9 Å². The summed E-state index contributed by atoms with van der Waals surface area (Å²) >= 11 is 3.19. The maximum Gasteiger partial charge on any atom is 0.243 e. The summed E-state index contributed by atoms with van der Waals surface area (Å²) in [5, 5.41) is 3.90. The monoisotopic (exact) mass is 313 g/mol. The number of halogens is 1. The van der Waals surface area contributed by atoms with E-state index in [4.69, 9.17) is 10.3 Å². The van der Waals surface area contributed by atoms with Gasteiger partial charge in [0, 0.05) is 4.90 Å². The fraction of sp³-hybridized carbons (Fsp3) is 0.385. The zero-order valence-corrected chi connectivity index (χ0v) is 12.7. The third kappa shape index (κ3) is 4.50. The predicted molar refractivity (Wildman–Crippen MR) is 80.2 cm³/mol. The van der Waals surface area contributed by atoms with Crippen LogP contribution in [0.2, 0.25) is 0 Å². The minimum atomic E-state index is -0.247. The number of hydrogen-bond donors (Lipinski definition) is 1. The molecule has 0 aliphatic carbocycles. The van der Waals surface area contributed by atoms with Crippen molar-refractivity contribution < 1.29 is 8.91 Å². The maximum absolute atomic E-state index is 13.0. The summed E-state index contributed by atoms with van der Waals surface area (Å²) in [5.41, 5.74) is 5.96. The fourth-order valence-electron chi connectivity index (χ4n) is 1.55. The van der Waals surface area contributed by atoms with Gasteiger partial charge >= 0.3 is 0 Å². The number of nitrogens with two attached hydrogens (primary N) is 1. The summed E-state index contributed by atoms with van der Waals surface area (Å²) in [6, 6.07) is 6.20. The van der Waals surface area contributed by atoms with Crippen LogP contribution in [0.15, 0.2) is 33.7 Å². The standard InChI is InChI=1S/C13H16FN3OS2/c1-19-6-5-11(15)13-16-12(17-18-13)8-20-10-4-2-3-9(14)7-10/h2-4,7,11H,5-6,8,15H2,1H3. The second-order valence-electron chi connectivity index (χ2n) is 4.18. The normalized spacial score (nSPS) is 12.6. The van der Waals surface area contributed by atoms with Gasteiger partial charge in [0.05, 0.1) is 11.8 Å². The van der Waals surface area contributed by atoms with E-state index in [0.29, 0.717) is 17.5 Å². The number of thioether (sulfide) groups is 2. The van der Waals surface area contributed by atoms with E-state index in [1.54, 1.807) is 17.8 Å². The molecule has 1 aromatic heterocycles. The van der Waals surface area contributed by atoms with Gasteiger partial charge in [-0.05, 0) is 36.6 Å². The van der Waals surface area contributed by atoms with Crippen LogP contribution in [0, 0.1) is 5.82 Å². The van der Waals surface area contributed by atoms with Gasteiger partial charge in [0.2, 0.25) is 5.89 Å². The average molecular weight is 313 g/mol. The highest BCUT2D eigenvalue weighted by Crippen LogP contribution is 2.23. The van der Waals surface area contributed by atoms with Crippen molar-refractivity contribution in [1.82, 2.24) is 10.1 Å².